The fourth-order valence-electron chi connectivity index (χ4n) is 1.70. The Hall–Kier alpha value is -1.51. The number of hydrogen-bond donors (Lipinski definition) is 1. The molecular weight excluding hydrogens is 166 g/mol. The number of phenols is 1. The van der Waals surface area contributed by atoms with E-state index in [4.69, 9.17) is 0 Å². The molecule has 0 saturated carbocycles. The second kappa shape index (κ2) is 2.49. The smallest absolute Gasteiger partial charge is 0.258 e. The van der Waals surface area contributed by atoms with Gasteiger partial charge in [0.05, 0.1) is 11.6 Å². The lowest BCUT2D eigenvalue weighted by atomic mass is 10.1. The molecule has 0 saturated heterocycles. The maximum absolute atomic E-state index is 11.6. The van der Waals surface area contributed by atoms with E-state index >= 15 is 0 Å². The first-order chi connectivity index (χ1) is 6.13. The minimum absolute atomic E-state index is 0.0644. The molecule has 1 atom stereocenters. The summed E-state index contributed by atoms with van der Waals surface area (Å²) >= 11 is 0. The van der Waals surface area contributed by atoms with E-state index in [2.05, 4.69) is 0 Å². The van der Waals surface area contributed by atoms with Crippen molar-refractivity contribution in [1.82, 2.24) is 4.90 Å². The van der Waals surface area contributed by atoms with Crippen LogP contribution in [0.2, 0.25) is 0 Å². The van der Waals surface area contributed by atoms with Crippen LogP contribution in [-0.4, -0.2) is 23.0 Å². The first-order valence-electron chi connectivity index (χ1n) is 4.22. The van der Waals surface area contributed by atoms with E-state index in [1.54, 1.807) is 24.1 Å². The number of hydrogen-bond acceptors (Lipinski definition) is 2. The zero-order valence-electron chi connectivity index (χ0n) is 7.61. The SMILES string of the molecule is C[C@H]1c2cccc(O)c2C(=O)N1C. The van der Waals surface area contributed by atoms with Crippen molar-refractivity contribution in [3.8, 4) is 5.75 Å². The molecule has 1 aliphatic heterocycles. The van der Waals surface area contributed by atoms with Crippen LogP contribution in [0.1, 0.15) is 28.9 Å². The summed E-state index contributed by atoms with van der Waals surface area (Å²) in [6, 6.07) is 5.25. The van der Waals surface area contributed by atoms with Gasteiger partial charge >= 0.3 is 0 Å². The maximum atomic E-state index is 11.6. The quantitative estimate of drug-likeness (QED) is 0.653. The van der Waals surface area contributed by atoms with Crippen molar-refractivity contribution in [3.05, 3.63) is 29.3 Å². The van der Waals surface area contributed by atoms with Crippen molar-refractivity contribution in [2.45, 2.75) is 13.0 Å². The maximum Gasteiger partial charge on any atom is 0.258 e. The summed E-state index contributed by atoms with van der Waals surface area (Å²) in [5.74, 6) is -0.0145. The van der Waals surface area contributed by atoms with Gasteiger partial charge < -0.3 is 10.0 Å². The van der Waals surface area contributed by atoms with Crippen LogP contribution >= 0.6 is 0 Å². The molecule has 13 heavy (non-hydrogen) atoms. The van der Waals surface area contributed by atoms with E-state index in [-0.39, 0.29) is 17.7 Å². The third-order valence-electron chi connectivity index (χ3n) is 2.64. The van der Waals surface area contributed by atoms with Crippen molar-refractivity contribution >= 4 is 5.91 Å². The molecule has 3 heteroatoms. The van der Waals surface area contributed by atoms with Gasteiger partial charge in [0.25, 0.3) is 5.91 Å². The topological polar surface area (TPSA) is 40.5 Å². The highest BCUT2D eigenvalue weighted by molar-refractivity contribution is 6.01. The molecule has 1 amide bonds. The van der Waals surface area contributed by atoms with Gasteiger partial charge in [-0.2, -0.15) is 0 Å². The molecule has 2 rings (SSSR count). The Kier molecular flexibility index (Phi) is 1.55. The van der Waals surface area contributed by atoms with Gasteiger partial charge in [-0.05, 0) is 18.6 Å². The Bertz CT molecular complexity index is 373. The van der Waals surface area contributed by atoms with Crippen molar-refractivity contribution in [2.75, 3.05) is 7.05 Å². The van der Waals surface area contributed by atoms with Gasteiger partial charge in [0.1, 0.15) is 5.75 Å². The van der Waals surface area contributed by atoms with Gasteiger partial charge in [0.15, 0.2) is 0 Å². The van der Waals surface area contributed by atoms with Crippen LogP contribution in [-0.2, 0) is 0 Å². The van der Waals surface area contributed by atoms with Crippen LogP contribution in [0.15, 0.2) is 18.2 Å². The molecule has 0 fully saturated rings. The predicted molar refractivity (Wildman–Crippen MR) is 48.6 cm³/mol. The van der Waals surface area contributed by atoms with Crippen molar-refractivity contribution < 1.29 is 9.90 Å². The third kappa shape index (κ3) is 0.932. The molecule has 1 aliphatic rings. The highest BCUT2D eigenvalue weighted by Crippen LogP contribution is 2.36. The summed E-state index contributed by atoms with van der Waals surface area (Å²) in [7, 11) is 1.74. The van der Waals surface area contributed by atoms with Crippen LogP contribution in [0.4, 0.5) is 0 Å². The fourth-order valence-corrected chi connectivity index (χ4v) is 1.70. The summed E-state index contributed by atoms with van der Waals surface area (Å²) in [6.45, 7) is 1.95. The molecule has 1 aromatic rings. The minimum atomic E-state index is -0.0967. The van der Waals surface area contributed by atoms with Gasteiger partial charge in [0, 0.05) is 7.05 Å². The molecule has 0 aromatic heterocycles. The molecule has 3 nitrogen and oxygen atoms in total. The zero-order chi connectivity index (χ0) is 9.59. The normalized spacial score (nSPS) is 20.6. The second-order valence-corrected chi connectivity index (χ2v) is 3.33. The van der Waals surface area contributed by atoms with Crippen molar-refractivity contribution in [1.29, 1.82) is 0 Å². The Labute approximate surface area is 76.6 Å². The lowest BCUT2D eigenvalue weighted by Gasteiger charge is -2.14. The molecule has 0 aliphatic carbocycles. The standard InChI is InChI=1S/C10H11NO2/c1-6-7-4-3-5-8(12)9(7)10(13)11(6)2/h3-6,12H,1-2H3/t6-/m0/s1. The number of amides is 1. The average Bonchev–Trinajstić information content (AvgIpc) is 2.33. The number of nitrogens with zero attached hydrogens (tertiary/aromatic N) is 1. The first kappa shape index (κ1) is 8.10. The fraction of sp³-hybridized carbons (Fsp3) is 0.300. The number of aromatic hydroxyl groups is 1. The summed E-state index contributed by atoms with van der Waals surface area (Å²) in [4.78, 5) is 13.2. The highest BCUT2D eigenvalue weighted by atomic mass is 16.3. The van der Waals surface area contributed by atoms with E-state index in [9.17, 15) is 9.90 Å². The Morgan fingerprint density at radius 1 is 1.46 bits per heavy atom. The number of rotatable bonds is 0. The summed E-state index contributed by atoms with van der Waals surface area (Å²) in [5.41, 5.74) is 1.37. The molecule has 0 spiro atoms. The molecule has 0 radical (unpaired) electrons. The van der Waals surface area contributed by atoms with E-state index in [0.717, 1.165) is 5.56 Å². The number of fused-ring (bicyclic) bond motifs is 1. The van der Waals surface area contributed by atoms with E-state index in [0.29, 0.717) is 5.56 Å². The Morgan fingerprint density at radius 3 is 2.77 bits per heavy atom. The van der Waals surface area contributed by atoms with E-state index in [1.807, 2.05) is 13.0 Å². The van der Waals surface area contributed by atoms with Crippen LogP contribution in [0, 0.1) is 0 Å². The first-order valence-corrected chi connectivity index (χ1v) is 4.22. The third-order valence-corrected chi connectivity index (χ3v) is 2.64. The van der Waals surface area contributed by atoms with Gasteiger partial charge in [-0.3, -0.25) is 4.79 Å². The molecule has 0 bridgehead atoms. The lowest BCUT2D eigenvalue weighted by Crippen LogP contribution is -2.20. The van der Waals surface area contributed by atoms with E-state index in [1.165, 1.54) is 0 Å². The molecular formula is C10H11NO2. The predicted octanol–water partition coefficient (Wildman–Crippen LogP) is 1.54. The number of benzene rings is 1. The van der Waals surface area contributed by atoms with Gasteiger partial charge in [0.2, 0.25) is 0 Å². The largest absolute Gasteiger partial charge is 0.507 e. The van der Waals surface area contributed by atoms with E-state index < -0.39 is 0 Å². The number of carbonyl (C=O) groups is 1. The molecule has 0 unspecified atom stereocenters. The monoisotopic (exact) mass is 177 g/mol. The molecule has 1 heterocycles. The second-order valence-electron chi connectivity index (χ2n) is 3.33. The van der Waals surface area contributed by atoms with Gasteiger partial charge in [-0.1, -0.05) is 12.1 Å². The molecule has 1 N–H and O–H groups in total. The van der Waals surface area contributed by atoms with Gasteiger partial charge in [-0.25, -0.2) is 0 Å². The van der Waals surface area contributed by atoms with Crippen molar-refractivity contribution in [2.24, 2.45) is 0 Å². The lowest BCUT2D eigenvalue weighted by molar-refractivity contribution is 0.0782. The van der Waals surface area contributed by atoms with Crippen LogP contribution < -0.4 is 0 Å². The molecule has 68 valence electrons. The van der Waals surface area contributed by atoms with Crippen LogP contribution in [0.5, 0.6) is 5.75 Å². The summed E-state index contributed by atoms with van der Waals surface area (Å²) in [6.07, 6.45) is 0. The molecule has 1 aromatic carbocycles. The number of phenolic OH excluding ortho intramolecular Hbond substituents is 1. The summed E-state index contributed by atoms with van der Waals surface area (Å²) < 4.78 is 0. The van der Waals surface area contributed by atoms with Crippen molar-refractivity contribution in [3.63, 3.8) is 0 Å². The van der Waals surface area contributed by atoms with Crippen LogP contribution in [0.3, 0.4) is 0 Å². The van der Waals surface area contributed by atoms with Crippen LogP contribution in [0.25, 0.3) is 0 Å². The highest BCUT2D eigenvalue weighted by Gasteiger charge is 2.32. The summed E-state index contributed by atoms with van der Waals surface area (Å²) in [5, 5.41) is 9.49. The average molecular weight is 177 g/mol. The Morgan fingerprint density at radius 2 is 2.15 bits per heavy atom. The minimum Gasteiger partial charge on any atom is -0.507 e. The Balaban J connectivity index is 2.66. The zero-order valence-corrected chi connectivity index (χ0v) is 7.61. The number of carbonyl (C=O) groups excluding carboxylic acids is 1. The van der Waals surface area contributed by atoms with Gasteiger partial charge in [-0.15, -0.1) is 0 Å².